The van der Waals surface area contributed by atoms with E-state index in [2.05, 4.69) is 33.3 Å². The molecule has 1 atom stereocenters. The summed E-state index contributed by atoms with van der Waals surface area (Å²) in [5.74, 6) is 0.828. The highest BCUT2D eigenvalue weighted by atomic mass is 31.1. The summed E-state index contributed by atoms with van der Waals surface area (Å²) in [4.78, 5) is 12.1. The van der Waals surface area contributed by atoms with E-state index in [1.807, 2.05) is 13.0 Å². The first-order chi connectivity index (χ1) is 10.6. The topological polar surface area (TPSA) is 26.3 Å². The predicted octanol–water partition coefficient (Wildman–Crippen LogP) is 5.97. The quantitative estimate of drug-likeness (QED) is 0.444. The molecule has 2 nitrogen and oxygen atoms in total. The summed E-state index contributed by atoms with van der Waals surface area (Å²) in [6, 6.07) is 0. The molecule has 0 aromatic rings. The highest BCUT2D eigenvalue weighted by Gasteiger charge is 2.45. The van der Waals surface area contributed by atoms with Crippen LogP contribution in [-0.4, -0.2) is 25.2 Å². The van der Waals surface area contributed by atoms with Gasteiger partial charge >= 0.3 is 0 Å². The number of hydrogen-bond donors (Lipinski definition) is 0. The second-order valence-corrected chi connectivity index (χ2v) is 7.97. The smallest absolute Gasteiger partial charge is 0.142 e. The number of Topliss-reactive ketones (excluding diaryl/α,β-unsaturated/α-hetero) is 1. The van der Waals surface area contributed by atoms with Gasteiger partial charge in [-0.2, -0.15) is 0 Å². The van der Waals surface area contributed by atoms with E-state index in [1.54, 1.807) is 0 Å². The largest absolute Gasteiger partial charge is 0.359 e. The normalized spacial score (nSPS) is 20.0. The standard InChI is InChI=1S/C13H23O2P.C4H8.C2H4/c1-3-15-16(2)10-12(14)11-4-6-13(7-5-11)8-9-13;1-3-4-2;1-2/h11H,3-10H2,1-2H3;3H,1,4H2,2H3;1-2H2. The van der Waals surface area contributed by atoms with E-state index in [1.165, 1.54) is 25.7 Å². The Kier molecular flexibility index (Phi) is 11.8. The van der Waals surface area contributed by atoms with Crippen LogP contribution in [0.5, 0.6) is 0 Å². The Morgan fingerprint density at radius 3 is 2.09 bits per heavy atom. The van der Waals surface area contributed by atoms with Gasteiger partial charge < -0.3 is 4.52 Å². The fraction of sp³-hybridized carbons (Fsp3) is 0.737. The molecule has 0 aliphatic heterocycles. The molecule has 0 bridgehead atoms. The van der Waals surface area contributed by atoms with Crippen LogP contribution >= 0.6 is 8.15 Å². The molecule has 0 aromatic carbocycles. The van der Waals surface area contributed by atoms with Crippen LogP contribution < -0.4 is 0 Å². The zero-order chi connectivity index (χ0) is 17.0. The summed E-state index contributed by atoms with van der Waals surface area (Å²) >= 11 is 0. The number of hydrogen-bond acceptors (Lipinski definition) is 2. The van der Waals surface area contributed by atoms with Crippen LogP contribution in [0, 0.1) is 11.3 Å². The number of carbonyl (C=O) groups is 1. The highest BCUT2D eigenvalue weighted by Crippen LogP contribution is 2.57. The molecule has 3 heteroatoms. The molecule has 0 radical (unpaired) electrons. The fourth-order valence-electron chi connectivity index (χ4n) is 2.84. The van der Waals surface area contributed by atoms with Gasteiger partial charge in [-0.3, -0.25) is 4.79 Å². The van der Waals surface area contributed by atoms with Gasteiger partial charge in [0.1, 0.15) is 5.78 Å². The molecule has 128 valence electrons. The van der Waals surface area contributed by atoms with E-state index in [9.17, 15) is 4.79 Å². The minimum absolute atomic E-state index is 0.358. The minimum Gasteiger partial charge on any atom is -0.359 e. The third-order valence-electron chi connectivity index (χ3n) is 4.48. The molecule has 2 rings (SSSR count). The monoisotopic (exact) mass is 326 g/mol. The van der Waals surface area contributed by atoms with Crippen LogP contribution in [0.4, 0.5) is 0 Å². The number of carbonyl (C=O) groups excluding carboxylic acids is 1. The van der Waals surface area contributed by atoms with Gasteiger partial charge in [-0.25, -0.2) is 0 Å². The summed E-state index contributed by atoms with van der Waals surface area (Å²) in [5.41, 5.74) is 0.702. The van der Waals surface area contributed by atoms with Gasteiger partial charge in [0.15, 0.2) is 0 Å². The average molecular weight is 326 g/mol. The highest BCUT2D eigenvalue weighted by molar-refractivity contribution is 7.52. The number of rotatable bonds is 6. The summed E-state index contributed by atoms with van der Waals surface area (Å²) in [7, 11) is -0.503. The van der Waals surface area contributed by atoms with Gasteiger partial charge in [-0.1, -0.05) is 13.0 Å². The summed E-state index contributed by atoms with van der Waals surface area (Å²) < 4.78 is 5.50. The van der Waals surface area contributed by atoms with Crippen molar-refractivity contribution in [3.63, 3.8) is 0 Å². The van der Waals surface area contributed by atoms with Crippen molar-refractivity contribution in [1.29, 1.82) is 0 Å². The third-order valence-corrected chi connectivity index (χ3v) is 5.93. The Balaban J connectivity index is 0.000000640. The van der Waals surface area contributed by atoms with Crippen molar-refractivity contribution >= 4 is 13.9 Å². The van der Waals surface area contributed by atoms with Crippen LogP contribution in [0.15, 0.2) is 25.8 Å². The van der Waals surface area contributed by atoms with Crippen LogP contribution in [0.25, 0.3) is 0 Å². The van der Waals surface area contributed by atoms with Crippen molar-refractivity contribution in [2.75, 3.05) is 19.4 Å². The summed E-state index contributed by atoms with van der Waals surface area (Å²) in [5, 5.41) is 0. The van der Waals surface area contributed by atoms with Crippen molar-refractivity contribution in [3.8, 4) is 0 Å². The molecule has 2 aliphatic rings. The second kappa shape index (κ2) is 12.0. The van der Waals surface area contributed by atoms with E-state index < -0.39 is 8.15 Å². The molecule has 22 heavy (non-hydrogen) atoms. The summed E-state index contributed by atoms with van der Waals surface area (Å²) in [6.07, 6.45) is 11.4. The van der Waals surface area contributed by atoms with Crippen LogP contribution in [0.3, 0.4) is 0 Å². The zero-order valence-corrected chi connectivity index (χ0v) is 15.8. The van der Waals surface area contributed by atoms with Crippen molar-refractivity contribution < 1.29 is 9.32 Å². The molecule has 2 saturated carbocycles. The molecule has 0 amide bonds. The van der Waals surface area contributed by atoms with E-state index in [0.717, 1.165) is 25.9 Å². The first-order valence-corrected chi connectivity index (χ1v) is 10.4. The van der Waals surface area contributed by atoms with Crippen LogP contribution in [0.1, 0.15) is 58.8 Å². The maximum absolute atomic E-state index is 12.1. The lowest BCUT2D eigenvalue weighted by Crippen LogP contribution is -2.24. The van der Waals surface area contributed by atoms with E-state index in [0.29, 0.717) is 23.3 Å². The third kappa shape index (κ3) is 8.25. The van der Waals surface area contributed by atoms with Gasteiger partial charge in [0.05, 0.1) is 6.16 Å². The molecule has 0 saturated heterocycles. The molecule has 0 heterocycles. The Hall–Kier alpha value is -0.460. The van der Waals surface area contributed by atoms with E-state index in [4.69, 9.17) is 4.52 Å². The Labute approximate surface area is 139 Å². The lowest BCUT2D eigenvalue weighted by molar-refractivity contribution is -0.121. The van der Waals surface area contributed by atoms with Gasteiger partial charge in [0, 0.05) is 20.7 Å². The molecular formula is C19H35O2P. The van der Waals surface area contributed by atoms with Crippen molar-refractivity contribution in [1.82, 2.24) is 0 Å². The minimum atomic E-state index is -0.503. The fourth-order valence-corrected chi connectivity index (χ4v) is 4.07. The maximum atomic E-state index is 12.1. The van der Waals surface area contributed by atoms with Gasteiger partial charge in [0.25, 0.3) is 0 Å². The lowest BCUT2D eigenvalue weighted by Gasteiger charge is -2.28. The molecule has 1 unspecified atom stereocenters. The zero-order valence-electron chi connectivity index (χ0n) is 14.9. The van der Waals surface area contributed by atoms with Crippen molar-refractivity contribution in [2.45, 2.75) is 58.8 Å². The van der Waals surface area contributed by atoms with Gasteiger partial charge in [-0.05, 0) is 63.9 Å². The van der Waals surface area contributed by atoms with Crippen molar-refractivity contribution in [2.24, 2.45) is 11.3 Å². The molecular weight excluding hydrogens is 291 g/mol. The molecule has 2 fully saturated rings. The number of ketones is 1. The first-order valence-electron chi connectivity index (χ1n) is 8.54. The SMILES string of the molecule is C=C.C=CCC.CCOP(C)CC(=O)C1CCC2(CC1)CC2. The van der Waals surface area contributed by atoms with Gasteiger partial charge in [-0.15, -0.1) is 19.7 Å². The average Bonchev–Trinajstić information content (AvgIpc) is 3.29. The van der Waals surface area contributed by atoms with Crippen LogP contribution in [-0.2, 0) is 9.32 Å². The molecule has 0 aromatic heterocycles. The molecule has 0 N–H and O–H groups in total. The first kappa shape index (κ1) is 21.5. The van der Waals surface area contributed by atoms with Gasteiger partial charge in [0.2, 0.25) is 0 Å². The van der Waals surface area contributed by atoms with E-state index in [-0.39, 0.29) is 0 Å². The number of allylic oxidation sites excluding steroid dienone is 1. The second-order valence-electron chi connectivity index (χ2n) is 6.14. The predicted molar refractivity (Wildman–Crippen MR) is 99.7 cm³/mol. The maximum Gasteiger partial charge on any atom is 0.142 e. The Bertz CT molecular complexity index is 313. The molecule has 1 spiro atoms. The Morgan fingerprint density at radius 2 is 1.73 bits per heavy atom. The Morgan fingerprint density at radius 1 is 1.23 bits per heavy atom. The van der Waals surface area contributed by atoms with Crippen LogP contribution in [0.2, 0.25) is 0 Å². The lowest BCUT2D eigenvalue weighted by atomic mass is 9.78. The summed E-state index contributed by atoms with van der Waals surface area (Å²) in [6.45, 7) is 16.4. The van der Waals surface area contributed by atoms with E-state index >= 15 is 0 Å². The van der Waals surface area contributed by atoms with Crippen molar-refractivity contribution in [3.05, 3.63) is 25.8 Å². The molecule has 2 aliphatic carbocycles.